The molecule has 0 aromatic heterocycles. The van der Waals surface area contributed by atoms with Gasteiger partial charge in [0.1, 0.15) is 0 Å². The average molecular weight is 361 g/mol. The van der Waals surface area contributed by atoms with Crippen molar-refractivity contribution in [2.75, 3.05) is 5.75 Å². The predicted molar refractivity (Wildman–Crippen MR) is 94.2 cm³/mol. The molecule has 1 aromatic carbocycles. The first-order chi connectivity index (χ1) is 12.1. The highest BCUT2D eigenvalue weighted by Crippen LogP contribution is 2.37. The van der Waals surface area contributed by atoms with Gasteiger partial charge in [0.2, 0.25) is 0 Å². The van der Waals surface area contributed by atoms with Crippen molar-refractivity contribution in [3.63, 3.8) is 0 Å². The number of carboxylic acid groups (broad SMARTS) is 1. The lowest BCUT2D eigenvalue weighted by atomic mass is 9.85. The van der Waals surface area contributed by atoms with E-state index in [4.69, 9.17) is 5.53 Å². The molecule has 4 atom stereocenters. The molecule has 2 fully saturated rings. The third-order valence-electron chi connectivity index (χ3n) is 4.79. The number of azide groups is 1. The van der Waals surface area contributed by atoms with E-state index in [-0.39, 0.29) is 29.8 Å². The van der Waals surface area contributed by atoms with Gasteiger partial charge in [-0.05, 0) is 23.9 Å². The molecule has 25 heavy (non-hydrogen) atoms. The van der Waals surface area contributed by atoms with Crippen LogP contribution in [0.3, 0.4) is 0 Å². The summed E-state index contributed by atoms with van der Waals surface area (Å²) in [5, 5.41) is 19.5. The van der Waals surface area contributed by atoms with Crippen molar-refractivity contribution in [1.82, 2.24) is 10.6 Å². The van der Waals surface area contributed by atoms with Crippen LogP contribution in [0.4, 0.5) is 4.79 Å². The number of carbonyl (C=O) groups excluding carboxylic acids is 1. The fraction of sp³-hybridized carbons (Fsp3) is 0.500. The van der Waals surface area contributed by atoms with Gasteiger partial charge in [0.05, 0.1) is 12.1 Å². The number of hydrogen-bond donors (Lipinski definition) is 3. The predicted octanol–water partition coefficient (Wildman–Crippen LogP) is 2.61. The van der Waals surface area contributed by atoms with Crippen LogP contribution in [0.5, 0.6) is 0 Å². The van der Waals surface area contributed by atoms with Gasteiger partial charge < -0.3 is 15.7 Å². The zero-order chi connectivity index (χ0) is 17.9. The molecule has 2 saturated heterocycles. The summed E-state index contributed by atoms with van der Waals surface area (Å²) in [5.41, 5.74) is 7.79. The maximum Gasteiger partial charge on any atom is 0.320 e. The molecule has 9 heteroatoms. The zero-order valence-electron chi connectivity index (χ0n) is 13.5. The summed E-state index contributed by atoms with van der Waals surface area (Å²) in [7, 11) is 0. The molecule has 8 nitrogen and oxygen atoms in total. The first-order valence-corrected chi connectivity index (χ1v) is 9.15. The second-order valence-electron chi connectivity index (χ2n) is 6.23. The van der Waals surface area contributed by atoms with Gasteiger partial charge in [0, 0.05) is 15.9 Å². The molecule has 3 N–H and O–H groups in total. The fourth-order valence-electron chi connectivity index (χ4n) is 3.52. The van der Waals surface area contributed by atoms with E-state index in [1.807, 2.05) is 0 Å². The van der Waals surface area contributed by atoms with E-state index < -0.39 is 11.5 Å². The van der Waals surface area contributed by atoms with Crippen LogP contribution >= 0.6 is 11.8 Å². The van der Waals surface area contributed by atoms with Gasteiger partial charge >= 0.3 is 12.0 Å². The largest absolute Gasteiger partial charge is 0.480 e. The van der Waals surface area contributed by atoms with Crippen LogP contribution in [-0.4, -0.2) is 40.2 Å². The van der Waals surface area contributed by atoms with Gasteiger partial charge in [-0.3, -0.25) is 4.79 Å². The smallest absolute Gasteiger partial charge is 0.320 e. The third-order valence-corrected chi connectivity index (χ3v) is 6.29. The molecule has 2 amide bonds. The molecule has 132 valence electrons. The first kappa shape index (κ1) is 17.4. The second kappa shape index (κ2) is 7.25. The summed E-state index contributed by atoms with van der Waals surface area (Å²) in [6, 6.07) is 8.67. The summed E-state index contributed by atoms with van der Waals surface area (Å²) in [5.74, 6) is -0.294. The minimum atomic E-state index is -1.60. The summed E-state index contributed by atoms with van der Waals surface area (Å²) < 4.78 is 0. The van der Waals surface area contributed by atoms with Crippen LogP contribution in [0.1, 0.15) is 24.8 Å². The number of carboxylic acids is 1. The lowest BCUT2D eigenvalue weighted by molar-refractivity contribution is -0.144. The number of nitrogens with one attached hydrogen (secondary N) is 2. The van der Waals surface area contributed by atoms with Crippen molar-refractivity contribution in [3.05, 3.63) is 46.3 Å². The van der Waals surface area contributed by atoms with E-state index >= 15 is 0 Å². The molecular formula is C16H19N5O3S. The minimum Gasteiger partial charge on any atom is -0.480 e. The lowest BCUT2D eigenvalue weighted by Crippen LogP contribution is -2.37. The van der Waals surface area contributed by atoms with Crippen molar-refractivity contribution >= 4 is 23.8 Å². The number of amides is 2. The summed E-state index contributed by atoms with van der Waals surface area (Å²) >= 11 is 1.78. The van der Waals surface area contributed by atoms with Crippen LogP contribution < -0.4 is 10.6 Å². The Morgan fingerprint density at radius 3 is 2.84 bits per heavy atom. The normalized spacial score (nSPS) is 26.7. The molecule has 0 bridgehead atoms. The van der Waals surface area contributed by atoms with Gasteiger partial charge in [0.25, 0.3) is 0 Å². The number of thioether (sulfide) groups is 1. The Morgan fingerprint density at radius 2 is 2.16 bits per heavy atom. The maximum atomic E-state index is 11.9. The van der Waals surface area contributed by atoms with E-state index in [1.165, 1.54) is 0 Å². The van der Waals surface area contributed by atoms with Crippen molar-refractivity contribution in [1.29, 1.82) is 0 Å². The van der Waals surface area contributed by atoms with Gasteiger partial charge in [-0.1, -0.05) is 41.9 Å². The Balaban J connectivity index is 1.70. The van der Waals surface area contributed by atoms with Crippen LogP contribution in [-0.2, 0) is 10.3 Å². The van der Waals surface area contributed by atoms with Gasteiger partial charge in [0.15, 0.2) is 5.54 Å². The first-order valence-electron chi connectivity index (χ1n) is 8.10. The molecule has 0 radical (unpaired) electrons. The molecular weight excluding hydrogens is 342 g/mol. The third kappa shape index (κ3) is 3.38. The quantitative estimate of drug-likeness (QED) is 0.298. The Kier molecular flexibility index (Phi) is 5.06. The number of nitrogens with zero attached hydrogens (tertiary/aromatic N) is 3. The molecule has 1 aromatic rings. The lowest BCUT2D eigenvalue weighted by Gasteiger charge is -2.25. The zero-order valence-corrected chi connectivity index (χ0v) is 14.3. The summed E-state index contributed by atoms with van der Waals surface area (Å²) in [6.45, 7) is 0. The van der Waals surface area contributed by atoms with Gasteiger partial charge in [-0.25, -0.2) is 4.79 Å². The van der Waals surface area contributed by atoms with Crippen LogP contribution in [0.15, 0.2) is 35.4 Å². The minimum absolute atomic E-state index is 0.0768. The Labute approximate surface area is 149 Å². The monoisotopic (exact) mass is 361 g/mol. The molecule has 0 saturated carbocycles. The number of benzene rings is 1. The SMILES string of the molecule is [N-]=[N+]=NC(CCC[C@@H]1SC[C@@H]2NC(=O)N[C@@H]21)(C(=O)O)c1ccccc1. The van der Waals surface area contributed by atoms with E-state index in [0.717, 1.165) is 12.2 Å². The van der Waals surface area contributed by atoms with Gasteiger partial charge in [-0.2, -0.15) is 11.8 Å². The van der Waals surface area contributed by atoms with E-state index in [2.05, 4.69) is 20.7 Å². The highest BCUT2D eigenvalue weighted by Gasteiger charge is 2.44. The second-order valence-corrected chi connectivity index (χ2v) is 7.51. The van der Waals surface area contributed by atoms with E-state index in [1.54, 1.807) is 42.1 Å². The molecule has 2 heterocycles. The van der Waals surface area contributed by atoms with Crippen molar-refractivity contribution in [2.45, 2.75) is 42.1 Å². The number of urea groups is 1. The highest BCUT2D eigenvalue weighted by atomic mass is 32.2. The molecule has 2 aliphatic rings. The molecule has 3 rings (SSSR count). The standard InChI is InChI=1S/C16H19N5O3S/c17-21-20-16(14(22)23,10-5-2-1-3-6-10)8-4-7-12-13-11(9-25-12)18-15(24)19-13/h1-3,5-6,11-13H,4,7-9H2,(H,22,23)(H2,18,19,24)/t11-,12-,13-,16?/m0/s1. The number of aliphatic carboxylic acids is 1. The molecule has 2 aliphatic heterocycles. The van der Waals surface area contributed by atoms with Gasteiger partial charge in [-0.15, -0.1) is 0 Å². The van der Waals surface area contributed by atoms with Crippen molar-refractivity contribution < 1.29 is 14.7 Å². The highest BCUT2D eigenvalue weighted by molar-refractivity contribution is 8.00. The van der Waals surface area contributed by atoms with Crippen LogP contribution in [0.2, 0.25) is 0 Å². The van der Waals surface area contributed by atoms with Crippen molar-refractivity contribution in [2.24, 2.45) is 5.11 Å². The molecule has 0 aliphatic carbocycles. The number of fused-ring (bicyclic) bond motifs is 1. The number of rotatable bonds is 7. The topological polar surface area (TPSA) is 127 Å². The van der Waals surface area contributed by atoms with Crippen LogP contribution in [0.25, 0.3) is 10.4 Å². The molecule has 0 spiro atoms. The average Bonchev–Trinajstić information content (AvgIpc) is 3.14. The maximum absolute atomic E-state index is 11.9. The number of hydrogen-bond acceptors (Lipinski definition) is 4. The van der Waals surface area contributed by atoms with Crippen molar-refractivity contribution in [3.8, 4) is 0 Å². The Hall–Kier alpha value is -2.38. The Bertz CT molecular complexity index is 705. The Morgan fingerprint density at radius 1 is 1.40 bits per heavy atom. The number of carbonyl (C=O) groups is 2. The molecule has 1 unspecified atom stereocenters. The summed E-state index contributed by atoms with van der Waals surface area (Å²) in [6.07, 6.45) is 1.54. The van der Waals surface area contributed by atoms with Crippen LogP contribution in [0, 0.1) is 0 Å². The fourth-order valence-corrected chi connectivity index (χ4v) is 5.06. The van der Waals surface area contributed by atoms with E-state index in [9.17, 15) is 14.7 Å². The summed E-state index contributed by atoms with van der Waals surface area (Å²) in [4.78, 5) is 26.1. The van der Waals surface area contributed by atoms with E-state index in [0.29, 0.717) is 12.0 Å².